The molecule has 0 aliphatic carbocycles. The number of para-hydroxylation sites is 1. The predicted octanol–water partition coefficient (Wildman–Crippen LogP) is 3.47. The largest absolute Gasteiger partial charge is 0.497 e. The van der Waals surface area contributed by atoms with Crippen LogP contribution < -0.4 is 4.74 Å². The molecule has 0 atom stereocenters. The van der Waals surface area contributed by atoms with Crippen molar-refractivity contribution in [2.24, 2.45) is 0 Å². The maximum atomic E-state index is 12.5. The van der Waals surface area contributed by atoms with Gasteiger partial charge in [-0.25, -0.2) is 0 Å². The first-order valence-corrected chi connectivity index (χ1v) is 6.31. The molecule has 0 fully saturated rings. The molecule has 0 aliphatic rings. The summed E-state index contributed by atoms with van der Waals surface area (Å²) in [6.07, 6.45) is 1.62. The number of carbonyl (C=O) groups is 1. The first kappa shape index (κ1) is 12.4. The molecule has 0 saturated heterocycles. The molecule has 0 bridgehead atoms. The van der Waals surface area contributed by atoms with Gasteiger partial charge >= 0.3 is 0 Å². The lowest BCUT2D eigenvalue weighted by atomic mass is 10.0. The molecule has 1 heterocycles. The molecule has 0 radical (unpaired) electrons. The van der Waals surface area contributed by atoms with E-state index in [0.29, 0.717) is 16.9 Å². The van der Waals surface area contributed by atoms with Crippen molar-refractivity contribution in [2.45, 2.75) is 0 Å². The van der Waals surface area contributed by atoms with Gasteiger partial charge in [0.25, 0.3) is 0 Å². The third kappa shape index (κ3) is 2.26. The average Bonchev–Trinajstić information content (AvgIpc) is 2.53. The molecule has 3 heteroatoms. The van der Waals surface area contributed by atoms with E-state index in [2.05, 4.69) is 4.98 Å². The van der Waals surface area contributed by atoms with Crippen LogP contribution in [0.25, 0.3) is 10.9 Å². The molecular formula is C17H13NO2. The lowest BCUT2D eigenvalue weighted by molar-refractivity contribution is 0.103. The van der Waals surface area contributed by atoms with Crippen LogP contribution in [0.1, 0.15) is 15.9 Å². The van der Waals surface area contributed by atoms with Crippen LogP contribution in [0.4, 0.5) is 0 Å². The summed E-state index contributed by atoms with van der Waals surface area (Å²) in [7, 11) is 1.58. The number of hydrogen-bond donors (Lipinski definition) is 0. The minimum absolute atomic E-state index is 0.0536. The van der Waals surface area contributed by atoms with Gasteiger partial charge in [0.15, 0.2) is 5.78 Å². The van der Waals surface area contributed by atoms with Gasteiger partial charge in [0.05, 0.1) is 12.6 Å². The van der Waals surface area contributed by atoms with Crippen molar-refractivity contribution >= 4 is 16.7 Å². The molecule has 20 heavy (non-hydrogen) atoms. The number of methoxy groups -OCH3 is 1. The second-order valence-corrected chi connectivity index (χ2v) is 4.48. The summed E-state index contributed by atoms with van der Waals surface area (Å²) < 4.78 is 5.14. The monoisotopic (exact) mass is 263 g/mol. The zero-order chi connectivity index (χ0) is 13.9. The lowest BCUT2D eigenvalue weighted by Crippen LogP contribution is -2.02. The van der Waals surface area contributed by atoms with Crippen LogP contribution >= 0.6 is 0 Å². The molecule has 2 aromatic carbocycles. The Morgan fingerprint density at radius 1 is 1.00 bits per heavy atom. The highest BCUT2D eigenvalue weighted by Gasteiger charge is 2.11. The standard InChI is InChI=1S/C17H13NO2/c1-20-15-7-4-6-13(10-15)17(19)14-9-12-5-2-3-8-16(12)18-11-14/h2-11H,1H3. The summed E-state index contributed by atoms with van der Waals surface area (Å²) in [6, 6.07) is 16.7. The van der Waals surface area contributed by atoms with Gasteiger partial charge < -0.3 is 4.74 Å². The van der Waals surface area contributed by atoms with E-state index in [1.54, 1.807) is 31.5 Å². The van der Waals surface area contributed by atoms with Crippen LogP contribution in [0.15, 0.2) is 60.8 Å². The van der Waals surface area contributed by atoms with Crippen molar-refractivity contribution in [1.82, 2.24) is 4.98 Å². The fourth-order valence-corrected chi connectivity index (χ4v) is 2.13. The van der Waals surface area contributed by atoms with Gasteiger partial charge in [0, 0.05) is 22.7 Å². The smallest absolute Gasteiger partial charge is 0.194 e. The maximum absolute atomic E-state index is 12.5. The number of benzene rings is 2. The lowest BCUT2D eigenvalue weighted by Gasteiger charge is -2.05. The summed E-state index contributed by atoms with van der Waals surface area (Å²) in [5, 5.41) is 0.959. The quantitative estimate of drug-likeness (QED) is 0.679. The zero-order valence-electron chi connectivity index (χ0n) is 11.0. The number of carbonyl (C=O) groups excluding carboxylic acids is 1. The Balaban J connectivity index is 2.03. The summed E-state index contributed by atoms with van der Waals surface area (Å²) in [4.78, 5) is 16.8. The van der Waals surface area contributed by atoms with Crippen molar-refractivity contribution < 1.29 is 9.53 Å². The number of rotatable bonds is 3. The molecule has 0 saturated carbocycles. The number of fused-ring (bicyclic) bond motifs is 1. The number of hydrogen-bond acceptors (Lipinski definition) is 3. The van der Waals surface area contributed by atoms with E-state index >= 15 is 0 Å². The Labute approximate surface area is 116 Å². The normalized spacial score (nSPS) is 10.4. The Bertz CT molecular complexity index is 781. The summed E-state index contributed by atoms with van der Waals surface area (Å²) in [6.45, 7) is 0. The van der Waals surface area contributed by atoms with Crippen molar-refractivity contribution in [3.63, 3.8) is 0 Å². The Morgan fingerprint density at radius 3 is 2.70 bits per heavy atom. The molecule has 0 N–H and O–H groups in total. The van der Waals surface area contributed by atoms with E-state index in [9.17, 15) is 4.79 Å². The van der Waals surface area contributed by atoms with E-state index in [1.165, 1.54) is 0 Å². The molecule has 0 aliphatic heterocycles. The molecule has 98 valence electrons. The van der Waals surface area contributed by atoms with Crippen molar-refractivity contribution in [1.29, 1.82) is 0 Å². The number of aromatic nitrogens is 1. The van der Waals surface area contributed by atoms with E-state index in [0.717, 1.165) is 10.9 Å². The maximum Gasteiger partial charge on any atom is 0.194 e. The molecular weight excluding hydrogens is 250 g/mol. The minimum atomic E-state index is -0.0536. The van der Waals surface area contributed by atoms with E-state index in [1.807, 2.05) is 36.4 Å². The Morgan fingerprint density at radius 2 is 1.85 bits per heavy atom. The molecule has 0 spiro atoms. The number of ether oxygens (including phenoxy) is 1. The van der Waals surface area contributed by atoms with Gasteiger partial charge in [0.2, 0.25) is 0 Å². The molecule has 1 aromatic heterocycles. The van der Waals surface area contributed by atoms with Gasteiger partial charge in [-0.1, -0.05) is 30.3 Å². The van der Waals surface area contributed by atoms with Crippen LogP contribution in [0.5, 0.6) is 5.75 Å². The third-order valence-electron chi connectivity index (χ3n) is 3.18. The highest BCUT2D eigenvalue weighted by Crippen LogP contribution is 2.18. The molecule has 0 unspecified atom stereocenters. The van der Waals surface area contributed by atoms with Crippen LogP contribution in [-0.2, 0) is 0 Å². The fourth-order valence-electron chi connectivity index (χ4n) is 2.13. The van der Waals surface area contributed by atoms with E-state index in [-0.39, 0.29) is 5.78 Å². The second-order valence-electron chi connectivity index (χ2n) is 4.48. The summed E-state index contributed by atoms with van der Waals surface area (Å²) in [5.74, 6) is 0.617. The zero-order valence-corrected chi connectivity index (χ0v) is 11.0. The number of pyridine rings is 1. The molecule has 3 aromatic rings. The molecule has 0 amide bonds. The van der Waals surface area contributed by atoms with Crippen LogP contribution in [0.3, 0.4) is 0 Å². The topological polar surface area (TPSA) is 39.2 Å². The van der Waals surface area contributed by atoms with E-state index in [4.69, 9.17) is 4.74 Å². The van der Waals surface area contributed by atoms with Crippen molar-refractivity contribution in [2.75, 3.05) is 7.11 Å². The Kier molecular flexibility index (Phi) is 3.17. The van der Waals surface area contributed by atoms with Gasteiger partial charge in [0.1, 0.15) is 5.75 Å². The average molecular weight is 263 g/mol. The van der Waals surface area contributed by atoms with Crippen LogP contribution in [-0.4, -0.2) is 17.9 Å². The number of nitrogens with zero attached hydrogens (tertiary/aromatic N) is 1. The van der Waals surface area contributed by atoms with Crippen LogP contribution in [0, 0.1) is 0 Å². The van der Waals surface area contributed by atoms with E-state index < -0.39 is 0 Å². The SMILES string of the molecule is COc1cccc(C(=O)c2cnc3ccccc3c2)c1. The van der Waals surface area contributed by atoms with Gasteiger partial charge in [-0.05, 0) is 24.3 Å². The Hall–Kier alpha value is -2.68. The number of ketones is 1. The summed E-state index contributed by atoms with van der Waals surface area (Å²) >= 11 is 0. The predicted molar refractivity (Wildman–Crippen MR) is 78.2 cm³/mol. The molecule has 3 nitrogen and oxygen atoms in total. The summed E-state index contributed by atoms with van der Waals surface area (Å²) in [5.41, 5.74) is 2.06. The van der Waals surface area contributed by atoms with Crippen molar-refractivity contribution in [3.05, 3.63) is 71.9 Å². The van der Waals surface area contributed by atoms with Crippen LogP contribution in [0.2, 0.25) is 0 Å². The molecule has 3 rings (SSSR count). The van der Waals surface area contributed by atoms with Crippen molar-refractivity contribution in [3.8, 4) is 5.75 Å². The second kappa shape index (κ2) is 5.13. The third-order valence-corrected chi connectivity index (χ3v) is 3.18. The minimum Gasteiger partial charge on any atom is -0.497 e. The fraction of sp³-hybridized carbons (Fsp3) is 0.0588. The highest BCUT2D eigenvalue weighted by atomic mass is 16.5. The first-order chi connectivity index (χ1) is 9.78. The van der Waals surface area contributed by atoms with Gasteiger partial charge in [-0.15, -0.1) is 0 Å². The van der Waals surface area contributed by atoms with Gasteiger partial charge in [-0.3, -0.25) is 9.78 Å². The highest BCUT2D eigenvalue weighted by molar-refractivity contribution is 6.10. The first-order valence-electron chi connectivity index (χ1n) is 6.31. The van der Waals surface area contributed by atoms with Gasteiger partial charge in [-0.2, -0.15) is 0 Å².